The normalized spacial score (nSPS) is 29.5. The third-order valence-corrected chi connectivity index (χ3v) is 5.43. The Labute approximate surface area is 142 Å². The Bertz CT molecular complexity index is 737. The minimum atomic E-state index is -0.887. The van der Waals surface area contributed by atoms with Crippen LogP contribution in [0.3, 0.4) is 0 Å². The number of nitrogens with one attached hydrogen (secondary N) is 1. The first kappa shape index (κ1) is 16.1. The fraction of sp³-hybridized carbons (Fsp3) is 0.421. The van der Waals surface area contributed by atoms with Crippen LogP contribution in [0.25, 0.3) is 0 Å². The van der Waals surface area contributed by atoms with Gasteiger partial charge in [0.1, 0.15) is 11.3 Å². The largest absolute Gasteiger partial charge is 0.474 e. The topological polar surface area (TPSA) is 38.3 Å². The maximum absolute atomic E-state index is 12.5. The second-order valence-electron chi connectivity index (χ2n) is 6.56. The van der Waals surface area contributed by atoms with Crippen LogP contribution in [-0.2, 0) is 4.79 Å². The lowest BCUT2D eigenvalue weighted by Gasteiger charge is -2.57. The maximum Gasteiger partial charge on any atom is 0.267 e. The summed E-state index contributed by atoms with van der Waals surface area (Å²) in [5, 5.41) is 3.80. The van der Waals surface area contributed by atoms with Gasteiger partial charge in [-0.25, -0.2) is 0 Å². The molecule has 0 radical (unpaired) electrons. The number of carbonyl (C=O) groups is 1. The SMILES string of the molecule is CCC1(Oc2ccc(C)cc2C)C(=O)NC12C=C(C)C(Cl)=CC2. The highest BCUT2D eigenvalue weighted by Crippen LogP contribution is 2.46. The summed E-state index contributed by atoms with van der Waals surface area (Å²) >= 11 is 6.19. The van der Waals surface area contributed by atoms with E-state index >= 15 is 0 Å². The summed E-state index contributed by atoms with van der Waals surface area (Å²) in [4.78, 5) is 12.5. The summed E-state index contributed by atoms with van der Waals surface area (Å²) in [6.45, 7) is 8.01. The number of allylic oxidation sites excluding steroid dienone is 2. The molecule has 0 bridgehead atoms. The molecule has 1 aliphatic carbocycles. The smallest absolute Gasteiger partial charge is 0.267 e. The second kappa shape index (κ2) is 5.41. The lowest BCUT2D eigenvalue weighted by atomic mass is 9.65. The summed E-state index contributed by atoms with van der Waals surface area (Å²) in [5.74, 6) is 0.703. The molecule has 2 unspecified atom stereocenters. The summed E-state index contributed by atoms with van der Waals surface area (Å²) in [5.41, 5.74) is 1.79. The molecule has 1 aliphatic heterocycles. The van der Waals surface area contributed by atoms with Crippen molar-refractivity contribution in [1.29, 1.82) is 0 Å². The quantitative estimate of drug-likeness (QED) is 0.844. The van der Waals surface area contributed by atoms with Crippen molar-refractivity contribution in [3.8, 4) is 5.75 Å². The Hall–Kier alpha value is -1.74. The van der Waals surface area contributed by atoms with Gasteiger partial charge in [0.05, 0.1) is 0 Å². The summed E-state index contributed by atoms with van der Waals surface area (Å²) in [6.07, 6.45) is 5.25. The van der Waals surface area contributed by atoms with Crippen LogP contribution in [0.15, 0.2) is 41.0 Å². The van der Waals surface area contributed by atoms with E-state index in [0.717, 1.165) is 21.9 Å². The molecule has 0 saturated carbocycles. The van der Waals surface area contributed by atoms with E-state index in [1.54, 1.807) is 0 Å². The van der Waals surface area contributed by atoms with Gasteiger partial charge in [0.2, 0.25) is 5.60 Å². The minimum absolute atomic E-state index is 0.0598. The van der Waals surface area contributed by atoms with Gasteiger partial charge in [-0.1, -0.05) is 42.3 Å². The third-order valence-electron chi connectivity index (χ3n) is 4.98. The van der Waals surface area contributed by atoms with Gasteiger partial charge in [-0.05, 0) is 56.9 Å². The van der Waals surface area contributed by atoms with Crippen molar-refractivity contribution in [3.05, 3.63) is 52.1 Å². The number of β-lactam (4-membered cyclic amide) rings is 1. The van der Waals surface area contributed by atoms with E-state index in [4.69, 9.17) is 16.3 Å². The number of ether oxygens (including phenoxy) is 1. The zero-order valence-corrected chi connectivity index (χ0v) is 14.8. The molecular formula is C19H22ClNO2. The fourth-order valence-electron chi connectivity index (χ4n) is 3.61. The summed E-state index contributed by atoms with van der Waals surface area (Å²) < 4.78 is 6.33. The van der Waals surface area contributed by atoms with Gasteiger partial charge in [-0.3, -0.25) is 4.79 Å². The number of carbonyl (C=O) groups excluding carboxylic acids is 1. The molecule has 1 saturated heterocycles. The van der Waals surface area contributed by atoms with Crippen molar-refractivity contribution < 1.29 is 9.53 Å². The van der Waals surface area contributed by atoms with E-state index in [1.807, 2.05) is 52.0 Å². The average molecular weight is 332 g/mol. The van der Waals surface area contributed by atoms with Crippen LogP contribution in [0.4, 0.5) is 0 Å². The lowest BCUT2D eigenvalue weighted by molar-refractivity contribution is -0.165. The number of hydrogen-bond acceptors (Lipinski definition) is 2. The monoisotopic (exact) mass is 331 g/mol. The van der Waals surface area contributed by atoms with Crippen molar-refractivity contribution in [2.75, 3.05) is 0 Å². The Morgan fingerprint density at radius 3 is 2.61 bits per heavy atom. The molecule has 2 atom stereocenters. The van der Waals surface area contributed by atoms with Gasteiger partial charge in [0, 0.05) is 5.03 Å². The fourth-order valence-corrected chi connectivity index (χ4v) is 3.74. The van der Waals surface area contributed by atoms with E-state index in [9.17, 15) is 4.79 Å². The van der Waals surface area contributed by atoms with Gasteiger partial charge in [-0.15, -0.1) is 0 Å². The predicted octanol–water partition coefficient (Wildman–Crippen LogP) is 4.17. The molecule has 0 aromatic heterocycles. The van der Waals surface area contributed by atoms with E-state index in [1.165, 1.54) is 5.56 Å². The number of halogens is 1. The van der Waals surface area contributed by atoms with Gasteiger partial charge in [-0.2, -0.15) is 0 Å². The molecule has 122 valence electrons. The molecule has 4 heteroatoms. The molecule has 1 spiro atoms. The Morgan fingerprint density at radius 1 is 1.30 bits per heavy atom. The first-order valence-corrected chi connectivity index (χ1v) is 8.36. The number of benzene rings is 1. The summed E-state index contributed by atoms with van der Waals surface area (Å²) in [6, 6.07) is 6.03. The highest BCUT2D eigenvalue weighted by molar-refractivity contribution is 6.32. The van der Waals surface area contributed by atoms with Crippen LogP contribution in [-0.4, -0.2) is 17.0 Å². The minimum Gasteiger partial charge on any atom is -0.474 e. The molecule has 1 N–H and O–H groups in total. The zero-order valence-electron chi connectivity index (χ0n) is 14.0. The molecule has 1 amide bonds. The third kappa shape index (κ3) is 2.29. The van der Waals surface area contributed by atoms with E-state index < -0.39 is 11.1 Å². The number of rotatable bonds is 3. The molecule has 1 aromatic rings. The predicted molar refractivity (Wildman–Crippen MR) is 92.7 cm³/mol. The van der Waals surface area contributed by atoms with Crippen molar-refractivity contribution >= 4 is 17.5 Å². The van der Waals surface area contributed by atoms with Crippen LogP contribution in [0.1, 0.15) is 37.8 Å². The van der Waals surface area contributed by atoms with Crippen LogP contribution in [0.5, 0.6) is 5.75 Å². The van der Waals surface area contributed by atoms with Crippen LogP contribution < -0.4 is 10.1 Å². The number of amides is 1. The van der Waals surface area contributed by atoms with Crippen molar-refractivity contribution in [2.45, 2.75) is 51.7 Å². The van der Waals surface area contributed by atoms with Crippen molar-refractivity contribution in [1.82, 2.24) is 5.32 Å². The molecule has 23 heavy (non-hydrogen) atoms. The molecule has 1 fully saturated rings. The van der Waals surface area contributed by atoms with E-state index in [0.29, 0.717) is 12.8 Å². The first-order chi connectivity index (χ1) is 10.8. The number of hydrogen-bond donors (Lipinski definition) is 1. The van der Waals surface area contributed by atoms with Gasteiger partial charge >= 0.3 is 0 Å². The second-order valence-corrected chi connectivity index (χ2v) is 6.97. The highest BCUT2D eigenvalue weighted by Gasteiger charge is 2.66. The molecule has 1 aromatic carbocycles. The van der Waals surface area contributed by atoms with Gasteiger partial charge in [0.25, 0.3) is 5.91 Å². The molecule has 3 nitrogen and oxygen atoms in total. The van der Waals surface area contributed by atoms with Gasteiger partial charge < -0.3 is 10.1 Å². The van der Waals surface area contributed by atoms with Crippen LogP contribution in [0, 0.1) is 13.8 Å². The van der Waals surface area contributed by atoms with Gasteiger partial charge in [0.15, 0.2) is 0 Å². The Balaban J connectivity index is 2.01. The van der Waals surface area contributed by atoms with E-state index in [2.05, 4.69) is 11.4 Å². The lowest BCUT2D eigenvalue weighted by Crippen LogP contribution is -2.82. The highest BCUT2D eigenvalue weighted by atomic mass is 35.5. The van der Waals surface area contributed by atoms with Crippen molar-refractivity contribution in [2.24, 2.45) is 0 Å². The first-order valence-electron chi connectivity index (χ1n) is 7.98. The summed E-state index contributed by atoms with van der Waals surface area (Å²) in [7, 11) is 0. The van der Waals surface area contributed by atoms with Crippen LogP contribution >= 0.6 is 11.6 Å². The molecule has 3 rings (SSSR count). The van der Waals surface area contributed by atoms with E-state index in [-0.39, 0.29) is 5.91 Å². The standard InChI is InChI=1S/C19H22ClNO2/c1-5-19(23-16-7-6-12(2)10-13(16)3)17(22)21-18(19)9-8-15(20)14(4)11-18/h6-8,10-11H,5,9H2,1-4H3,(H,21,22). The van der Waals surface area contributed by atoms with Crippen LogP contribution in [0.2, 0.25) is 0 Å². The maximum atomic E-state index is 12.5. The zero-order chi connectivity index (χ0) is 16.8. The average Bonchev–Trinajstić information content (AvgIpc) is 2.50. The molecule has 1 heterocycles. The number of aryl methyl sites for hydroxylation is 2. The van der Waals surface area contributed by atoms with Crippen molar-refractivity contribution in [3.63, 3.8) is 0 Å². The molecule has 2 aliphatic rings. The Morgan fingerprint density at radius 2 is 2.04 bits per heavy atom. The molecular weight excluding hydrogens is 310 g/mol. The Kier molecular flexibility index (Phi) is 3.80.